The number of hydrogen-bond donors (Lipinski definition) is 0. The molecule has 0 spiro atoms. The van der Waals surface area contributed by atoms with Crippen LogP contribution in [0.3, 0.4) is 0 Å². The van der Waals surface area contributed by atoms with Crippen molar-refractivity contribution in [1.29, 1.82) is 5.26 Å². The Hall–Kier alpha value is -1.43. The summed E-state index contributed by atoms with van der Waals surface area (Å²) in [6, 6.07) is 4.96. The van der Waals surface area contributed by atoms with Gasteiger partial charge in [0.25, 0.3) is 0 Å². The monoisotopic (exact) mass is 166 g/mol. The average molecular weight is 166 g/mol. The standard InChI is InChI=1S/C9H6F2N/c10-8-3-4-9(11)7(6-8)2-1-5-12/h2-4,6H,1H2. The molecule has 1 radical (unpaired) electrons. The van der Waals surface area contributed by atoms with E-state index in [0.29, 0.717) is 0 Å². The summed E-state index contributed by atoms with van der Waals surface area (Å²) >= 11 is 0. The minimum absolute atomic E-state index is 0.0837. The lowest BCUT2D eigenvalue weighted by atomic mass is 10.1. The molecule has 3 heteroatoms. The first kappa shape index (κ1) is 8.66. The number of halogens is 2. The molecule has 0 bridgehead atoms. The van der Waals surface area contributed by atoms with Crippen molar-refractivity contribution in [2.24, 2.45) is 0 Å². The van der Waals surface area contributed by atoms with Crippen LogP contribution in [0.2, 0.25) is 0 Å². The molecule has 1 rings (SSSR count). The molecule has 0 heterocycles. The van der Waals surface area contributed by atoms with Crippen molar-refractivity contribution in [1.82, 2.24) is 0 Å². The van der Waals surface area contributed by atoms with Crippen molar-refractivity contribution in [3.8, 4) is 6.07 Å². The maximum absolute atomic E-state index is 12.8. The van der Waals surface area contributed by atoms with Crippen LogP contribution in [0.4, 0.5) is 8.78 Å². The molecule has 0 saturated heterocycles. The van der Waals surface area contributed by atoms with Gasteiger partial charge in [-0.25, -0.2) is 8.78 Å². The Morgan fingerprint density at radius 1 is 1.42 bits per heavy atom. The number of benzene rings is 1. The zero-order valence-corrected chi connectivity index (χ0v) is 6.22. The highest BCUT2D eigenvalue weighted by atomic mass is 19.1. The van der Waals surface area contributed by atoms with Gasteiger partial charge in [-0.1, -0.05) is 0 Å². The third kappa shape index (κ3) is 2.03. The van der Waals surface area contributed by atoms with Gasteiger partial charge >= 0.3 is 0 Å². The Labute approximate surface area is 69.2 Å². The predicted molar refractivity (Wildman–Crippen MR) is 40.0 cm³/mol. The van der Waals surface area contributed by atoms with Gasteiger partial charge in [0.15, 0.2) is 0 Å². The first-order chi connectivity index (χ1) is 5.74. The molecule has 0 aliphatic carbocycles. The number of nitrogens with zero attached hydrogens (tertiary/aromatic N) is 1. The van der Waals surface area contributed by atoms with E-state index in [4.69, 9.17) is 5.26 Å². The quantitative estimate of drug-likeness (QED) is 0.661. The summed E-state index contributed by atoms with van der Waals surface area (Å²) in [6.07, 6.45) is 1.43. The molecular formula is C9H6F2N. The van der Waals surface area contributed by atoms with Crippen LogP contribution < -0.4 is 0 Å². The van der Waals surface area contributed by atoms with Crippen LogP contribution in [0.25, 0.3) is 0 Å². The molecule has 0 amide bonds. The summed E-state index contributed by atoms with van der Waals surface area (Å²) in [4.78, 5) is 0. The predicted octanol–water partition coefficient (Wildman–Crippen LogP) is 2.43. The fourth-order valence-electron chi connectivity index (χ4n) is 0.827. The molecule has 12 heavy (non-hydrogen) atoms. The van der Waals surface area contributed by atoms with Crippen molar-refractivity contribution >= 4 is 0 Å². The van der Waals surface area contributed by atoms with Crippen LogP contribution in [0.1, 0.15) is 12.0 Å². The average Bonchev–Trinajstić information content (AvgIpc) is 2.07. The van der Waals surface area contributed by atoms with Crippen LogP contribution in [0.15, 0.2) is 18.2 Å². The molecule has 0 aliphatic rings. The summed E-state index contributed by atoms with van der Waals surface area (Å²) in [5.41, 5.74) is 0.136. The smallest absolute Gasteiger partial charge is 0.126 e. The van der Waals surface area contributed by atoms with Crippen LogP contribution in [-0.2, 0) is 0 Å². The van der Waals surface area contributed by atoms with E-state index in [9.17, 15) is 8.78 Å². The van der Waals surface area contributed by atoms with Gasteiger partial charge in [-0.05, 0) is 23.8 Å². The first-order valence-electron chi connectivity index (χ1n) is 3.39. The van der Waals surface area contributed by atoms with E-state index >= 15 is 0 Å². The van der Waals surface area contributed by atoms with Gasteiger partial charge < -0.3 is 0 Å². The Morgan fingerprint density at radius 3 is 2.83 bits per heavy atom. The van der Waals surface area contributed by atoms with Crippen molar-refractivity contribution in [3.05, 3.63) is 41.8 Å². The summed E-state index contributed by atoms with van der Waals surface area (Å²) in [7, 11) is 0. The molecular weight excluding hydrogens is 160 g/mol. The third-order valence-electron chi connectivity index (χ3n) is 1.37. The molecule has 0 aliphatic heterocycles. The van der Waals surface area contributed by atoms with Crippen molar-refractivity contribution < 1.29 is 8.78 Å². The lowest BCUT2D eigenvalue weighted by molar-refractivity contribution is 0.593. The van der Waals surface area contributed by atoms with Gasteiger partial charge in [-0.2, -0.15) is 5.26 Å². The van der Waals surface area contributed by atoms with Gasteiger partial charge in [-0.15, -0.1) is 0 Å². The molecule has 61 valence electrons. The van der Waals surface area contributed by atoms with Gasteiger partial charge in [0.05, 0.1) is 6.07 Å². The highest BCUT2D eigenvalue weighted by Crippen LogP contribution is 2.12. The van der Waals surface area contributed by atoms with Crippen molar-refractivity contribution in [2.75, 3.05) is 0 Å². The molecule has 1 aromatic rings. The summed E-state index contributed by atoms with van der Waals surface area (Å²) in [6.45, 7) is 0. The van der Waals surface area contributed by atoms with E-state index in [1.54, 1.807) is 0 Å². The van der Waals surface area contributed by atoms with Gasteiger partial charge in [-0.3, -0.25) is 0 Å². The fourth-order valence-corrected chi connectivity index (χ4v) is 0.827. The lowest BCUT2D eigenvalue weighted by Gasteiger charge is -1.98. The maximum atomic E-state index is 12.8. The summed E-state index contributed by atoms with van der Waals surface area (Å²) in [5, 5.41) is 8.19. The second-order valence-electron chi connectivity index (χ2n) is 2.23. The Kier molecular flexibility index (Phi) is 2.76. The van der Waals surface area contributed by atoms with Crippen molar-refractivity contribution in [3.63, 3.8) is 0 Å². The Bertz CT molecular complexity index is 315. The second-order valence-corrected chi connectivity index (χ2v) is 2.23. The van der Waals surface area contributed by atoms with E-state index < -0.39 is 11.6 Å². The van der Waals surface area contributed by atoms with Gasteiger partial charge in [0, 0.05) is 12.8 Å². The number of nitriles is 1. The molecule has 1 nitrogen and oxygen atoms in total. The zero-order chi connectivity index (χ0) is 8.97. The third-order valence-corrected chi connectivity index (χ3v) is 1.37. The lowest BCUT2D eigenvalue weighted by Crippen LogP contribution is -1.88. The molecule has 0 aromatic heterocycles. The largest absolute Gasteiger partial charge is 0.207 e. The summed E-state index contributed by atoms with van der Waals surface area (Å²) in [5.74, 6) is -1.01. The Morgan fingerprint density at radius 2 is 2.17 bits per heavy atom. The number of hydrogen-bond acceptors (Lipinski definition) is 1. The maximum Gasteiger partial charge on any atom is 0.126 e. The van der Waals surface area contributed by atoms with Crippen LogP contribution in [-0.4, -0.2) is 0 Å². The fraction of sp³-hybridized carbons (Fsp3) is 0.111. The normalized spacial score (nSPS) is 9.42. The first-order valence-corrected chi connectivity index (χ1v) is 3.39. The number of rotatable bonds is 2. The SMILES string of the molecule is N#CC[CH]c1cc(F)ccc1F. The minimum atomic E-state index is -0.508. The molecule has 1 aromatic carbocycles. The van der Waals surface area contributed by atoms with Crippen molar-refractivity contribution in [2.45, 2.75) is 6.42 Å². The van der Waals surface area contributed by atoms with E-state index in [1.807, 2.05) is 6.07 Å². The van der Waals surface area contributed by atoms with E-state index in [0.717, 1.165) is 18.2 Å². The second kappa shape index (κ2) is 3.82. The molecule has 0 saturated carbocycles. The van der Waals surface area contributed by atoms with E-state index in [-0.39, 0.29) is 12.0 Å². The van der Waals surface area contributed by atoms with Gasteiger partial charge in [0.2, 0.25) is 0 Å². The van der Waals surface area contributed by atoms with Crippen LogP contribution in [0, 0.1) is 29.4 Å². The van der Waals surface area contributed by atoms with E-state index in [1.165, 1.54) is 6.42 Å². The van der Waals surface area contributed by atoms with Crippen LogP contribution >= 0.6 is 0 Å². The highest BCUT2D eigenvalue weighted by Gasteiger charge is 2.02. The summed E-state index contributed by atoms with van der Waals surface area (Å²) < 4.78 is 25.3. The highest BCUT2D eigenvalue weighted by molar-refractivity contribution is 5.26. The molecule has 0 atom stereocenters. The molecule has 0 unspecified atom stereocenters. The zero-order valence-electron chi connectivity index (χ0n) is 6.22. The van der Waals surface area contributed by atoms with Gasteiger partial charge in [0.1, 0.15) is 11.6 Å². The molecule has 0 N–H and O–H groups in total. The van der Waals surface area contributed by atoms with Crippen LogP contribution in [0.5, 0.6) is 0 Å². The minimum Gasteiger partial charge on any atom is -0.207 e. The van der Waals surface area contributed by atoms with E-state index in [2.05, 4.69) is 0 Å². The topological polar surface area (TPSA) is 23.8 Å². The Balaban J connectivity index is 2.84. The molecule has 0 fully saturated rings.